The number of alkyl halides is 6. The second kappa shape index (κ2) is 12.7. The van der Waals surface area contributed by atoms with Crippen molar-refractivity contribution in [3.8, 4) is 23.0 Å². The van der Waals surface area contributed by atoms with Crippen LogP contribution in [0.5, 0.6) is 5.75 Å². The Balaban J connectivity index is 1.42. The molecule has 1 saturated heterocycles. The van der Waals surface area contributed by atoms with Gasteiger partial charge in [0.15, 0.2) is 5.69 Å². The van der Waals surface area contributed by atoms with Gasteiger partial charge in [-0.25, -0.2) is 19.6 Å². The molecule has 2 aromatic heterocycles. The number of ether oxygens (including phenoxy) is 2. The van der Waals surface area contributed by atoms with E-state index in [9.17, 15) is 41.0 Å². The standard InChI is InChI=1S/C30H25F6N5O5/c1-45-28(44)40-13-10-19(11-14-40)18-7-5-17(6-8-18)16-46-24-20(3-2-4-22(24)29(31,32)33)23-9-12-37-27(39-23)41-25(30(34,35)36)21(15-38-41)26(42)43/h2-9,12,15,19H,10-11,13-14,16H2,1H3,(H,42,43). The SMILES string of the molecule is COC(=O)N1CCC(c2ccc(COc3c(-c4ccnc(-n5ncc(C(=O)O)c5C(F)(F)F)n4)cccc3C(F)(F)F)cc2)CC1. The summed E-state index contributed by atoms with van der Waals surface area (Å²) in [5, 5.41) is 12.7. The molecule has 0 bridgehead atoms. The number of aromatic carboxylic acids is 1. The third-order valence-electron chi connectivity index (χ3n) is 7.46. The number of carboxylic acids is 1. The number of piperidine rings is 1. The minimum Gasteiger partial charge on any atom is -0.488 e. The third kappa shape index (κ3) is 6.74. The first-order chi connectivity index (χ1) is 21.8. The van der Waals surface area contributed by atoms with Gasteiger partial charge in [-0.15, -0.1) is 0 Å². The number of hydrogen-bond acceptors (Lipinski definition) is 7. The Morgan fingerprint density at radius 3 is 2.28 bits per heavy atom. The van der Waals surface area contributed by atoms with Gasteiger partial charge in [-0.3, -0.25) is 0 Å². The van der Waals surface area contributed by atoms with E-state index >= 15 is 0 Å². The molecule has 242 valence electrons. The van der Waals surface area contributed by atoms with Gasteiger partial charge in [-0.1, -0.05) is 30.3 Å². The number of amides is 1. The summed E-state index contributed by atoms with van der Waals surface area (Å²) in [6.07, 6.45) is -7.48. The summed E-state index contributed by atoms with van der Waals surface area (Å²) in [6, 6.07) is 11.5. The van der Waals surface area contributed by atoms with Gasteiger partial charge < -0.3 is 19.5 Å². The number of carbonyl (C=O) groups is 2. The van der Waals surface area contributed by atoms with Gasteiger partial charge in [0.25, 0.3) is 5.95 Å². The zero-order valence-corrected chi connectivity index (χ0v) is 24.0. The van der Waals surface area contributed by atoms with Crippen LogP contribution in [0, 0.1) is 0 Å². The molecule has 0 atom stereocenters. The lowest BCUT2D eigenvalue weighted by Gasteiger charge is -2.31. The maximum absolute atomic E-state index is 14.1. The number of hydrogen-bond donors (Lipinski definition) is 1. The van der Waals surface area contributed by atoms with Crippen LogP contribution in [0.4, 0.5) is 31.1 Å². The molecule has 1 aliphatic rings. The number of methoxy groups -OCH3 is 1. The molecule has 4 aromatic rings. The van der Waals surface area contributed by atoms with E-state index in [-0.39, 0.29) is 34.6 Å². The van der Waals surface area contributed by atoms with E-state index in [0.717, 1.165) is 36.7 Å². The highest BCUT2D eigenvalue weighted by molar-refractivity contribution is 5.89. The van der Waals surface area contributed by atoms with Gasteiger partial charge in [0.1, 0.15) is 17.9 Å². The average Bonchev–Trinajstić information content (AvgIpc) is 3.50. The van der Waals surface area contributed by atoms with E-state index in [0.29, 0.717) is 24.8 Å². The monoisotopic (exact) mass is 649 g/mol. The number of likely N-dealkylation sites (tertiary alicyclic amines) is 1. The topological polar surface area (TPSA) is 120 Å². The molecule has 1 amide bonds. The summed E-state index contributed by atoms with van der Waals surface area (Å²) < 4.78 is 94.2. The molecule has 0 unspecified atom stereocenters. The molecular formula is C30H25F6N5O5. The van der Waals surface area contributed by atoms with Crippen LogP contribution < -0.4 is 4.74 Å². The van der Waals surface area contributed by atoms with Gasteiger partial charge >= 0.3 is 24.4 Å². The van der Waals surface area contributed by atoms with Crippen molar-refractivity contribution in [1.29, 1.82) is 0 Å². The highest BCUT2D eigenvalue weighted by atomic mass is 19.4. The lowest BCUT2D eigenvalue weighted by molar-refractivity contribution is -0.143. The van der Waals surface area contributed by atoms with Crippen molar-refractivity contribution in [1.82, 2.24) is 24.6 Å². The minimum absolute atomic E-state index is 0.169. The predicted molar refractivity (Wildman–Crippen MR) is 148 cm³/mol. The van der Waals surface area contributed by atoms with Crippen LogP contribution in [0.2, 0.25) is 0 Å². The first-order valence-corrected chi connectivity index (χ1v) is 13.7. The zero-order chi connectivity index (χ0) is 33.2. The lowest BCUT2D eigenvalue weighted by atomic mass is 9.89. The molecule has 0 radical (unpaired) electrons. The Morgan fingerprint density at radius 1 is 0.978 bits per heavy atom. The van der Waals surface area contributed by atoms with Crippen LogP contribution in [-0.2, 0) is 23.7 Å². The number of halogens is 6. The largest absolute Gasteiger partial charge is 0.488 e. The fourth-order valence-electron chi connectivity index (χ4n) is 5.21. The quantitative estimate of drug-likeness (QED) is 0.223. The summed E-state index contributed by atoms with van der Waals surface area (Å²) >= 11 is 0. The maximum Gasteiger partial charge on any atom is 0.434 e. The van der Waals surface area contributed by atoms with E-state index in [1.165, 1.54) is 19.2 Å². The summed E-state index contributed by atoms with van der Waals surface area (Å²) in [5.41, 5.74) is -2.80. The van der Waals surface area contributed by atoms with Crippen LogP contribution in [0.15, 0.2) is 60.9 Å². The molecule has 1 N–H and O–H groups in total. The van der Waals surface area contributed by atoms with Crippen molar-refractivity contribution in [3.63, 3.8) is 0 Å². The Morgan fingerprint density at radius 2 is 1.67 bits per heavy atom. The molecule has 46 heavy (non-hydrogen) atoms. The second-order valence-electron chi connectivity index (χ2n) is 10.3. The van der Waals surface area contributed by atoms with Crippen molar-refractivity contribution < 1.29 is 50.5 Å². The number of carbonyl (C=O) groups excluding carboxylic acids is 1. The highest BCUT2D eigenvalue weighted by Crippen LogP contribution is 2.42. The second-order valence-corrected chi connectivity index (χ2v) is 10.3. The van der Waals surface area contributed by atoms with E-state index in [1.54, 1.807) is 17.0 Å². The maximum atomic E-state index is 14.1. The molecule has 5 rings (SSSR count). The van der Waals surface area contributed by atoms with Crippen LogP contribution >= 0.6 is 0 Å². The fourth-order valence-corrected chi connectivity index (χ4v) is 5.21. The van der Waals surface area contributed by atoms with E-state index < -0.39 is 46.8 Å². The normalized spacial score (nSPS) is 14.3. The first kappa shape index (κ1) is 32.2. The smallest absolute Gasteiger partial charge is 0.434 e. The van der Waals surface area contributed by atoms with Crippen LogP contribution in [-0.4, -0.2) is 62.0 Å². The van der Waals surface area contributed by atoms with Crippen LogP contribution in [0.1, 0.15) is 51.5 Å². The molecule has 10 nitrogen and oxygen atoms in total. The molecule has 0 aliphatic carbocycles. The van der Waals surface area contributed by atoms with Gasteiger partial charge in [0, 0.05) is 24.8 Å². The minimum atomic E-state index is -5.16. The molecule has 16 heteroatoms. The predicted octanol–water partition coefficient (Wildman–Crippen LogP) is 6.59. The molecular weight excluding hydrogens is 624 g/mol. The Kier molecular flexibility index (Phi) is 8.90. The van der Waals surface area contributed by atoms with E-state index in [2.05, 4.69) is 15.1 Å². The Hall–Kier alpha value is -5.15. The first-order valence-electron chi connectivity index (χ1n) is 13.7. The summed E-state index contributed by atoms with van der Waals surface area (Å²) in [4.78, 5) is 32.5. The van der Waals surface area contributed by atoms with E-state index in [4.69, 9.17) is 9.47 Å². The van der Waals surface area contributed by atoms with Gasteiger partial charge in [0.05, 0.1) is 24.6 Å². The number of aromatic nitrogens is 4. The number of carboxylic acid groups (broad SMARTS) is 1. The fraction of sp³-hybridized carbons (Fsp3) is 0.300. The molecule has 1 fully saturated rings. The summed E-state index contributed by atoms with van der Waals surface area (Å²) in [5.74, 6) is -3.03. The van der Waals surface area contributed by atoms with Crippen molar-refractivity contribution in [2.24, 2.45) is 0 Å². The van der Waals surface area contributed by atoms with Gasteiger partial charge in [0.2, 0.25) is 0 Å². The van der Waals surface area contributed by atoms with Gasteiger partial charge in [-0.05, 0) is 48.1 Å². The number of para-hydroxylation sites is 1. The van der Waals surface area contributed by atoms with Crippen molar-refractivity contribution in [2.45, 2.75) is 37.7 Å². The number of rotatable bonds is 7. The lowest BCUT2D eigenvalue weighted by Crippen LogP contribution is -2.37. The van der Waals surface area contributed by atoms with Crippen molar-refractivity contribution in [3.05, 3.63) is 88.9 Å². The molecule has 0 saturated carbocycles. The van der Waals surface area contributed by atoms with Crippen LogP contribution in [0.3, 0.4) is 0 Å². The molecule has 1 aliphatic heterocycles. The van der Waals surface area contributed by atoms with Crippen molar-refractivity contribution >= 4 is 12.1 Å². The van der Waals surface area contributed by atoms with E-state index in [1.807, 2.05) is 12.1 Å². The number of nitrogens with zero attached hydrogens (tertiary/aromatic N) is 5. The highest BCUT2D eigenvalue weighted by Gasteiger charge is 2.41. The van der Waals surface area contributed by atoms with Crippen molar-refractivity contribution in [2.75, 3.05) is 20.2 Å². The summed E-state index contributed by atoms with van der Waals surface area (Å²) in [6.45, 7) is 0.781. The molecule has 0 spiro atoms. The Labute approximate surface area is 257 Å². The molecule has 2 aromatic carbocycles. The average molecular weight is 650 g/mol. The van der Waals surface area contributed by atoms with Crippen LogP contribution in [0.25, 0.3) is 17.2 Å². The Bertz CT molecular complexity index is 1730. The van der Waals surface area contributed by atoms with Gasteiger partial charge in [-0.2, -0.15) is 36.1 Å². The summed E-state index contributed by atoms with van der Waals surface area (Å²) in [7, 11) is 1.32. The zero-order valence-electron chi connectivity index (χ0n) is 24.0. The number of benzene rings is 2. The third-order valence-corrected chi connectivity index (χ3v) is 7.46. The molecule has 3 heterocycles.